The van der Waals surface area contributed by atoms with E-state index in [1.165, 1.54) is 11.1 Å². The minimum Gasteiger partial charge on any atom is -0.455 e. The van der Waals surface area contributed by atoms with Crippen molar-refractivity contribution in [3.05, 3.63) is 58.1 Å². The van der Waals surface area contributed by atoms with E-state index in [1.54, 1.807) is 0 Å². The lowest BCUT2D eigenvalue weighted by Crippen LogP contribution is -2.22. The van der Waals surface area contributed by atoms with E-state index in [0.717, 1.165) is 23.6 Å². The summed E-state index contributed by atoms with van der Waals surface area (Å²) in [5, 5.41) is 4.04. The van der Waals surface area contributed by atoms with Crippen molar-refractivity contribution >= 4 is 11.6 Å². The predicted octanol–water partition coefficient (Wildman–Crippen LogP) is 5.25. The smallest absolute Gasteiger partial charge is 0.150 e. The molecule has 2 aromatic carbocycles. The van der Waals surface area contributed by atoms with E-state index in [-0.39, 0.29) is 0 Å². The SMILES string of the molecule is Cc1cc(C)cc(Oc2c(Cl)cccc2CNC(C)C)c1. The van der Waals surface area contributed by atoms with Gasteiger partial charge in [0.25, 0.3) is 0 Å². The minimum atomic E-state index is 0.415. The molecule has 0 aliphatic heterocycles. The Morgan fingerprint density at radius 2 is 1.76 bits per heavy atom. The number of benzene rings is 2. The normalized spacial score (nSPS) is 11.0. The van der Waals surface area contributed by atoms with E-state index in [0.29, 0.717) is 11.1 Å². The number of hydrogen-bond acceptors (Lipinski definition) is 2. The summed E-state index contributed by atoms with van der Waals surface area (Å²) in [4.78, 5) is 0. The van der Waals surface area contributed by atoms with Gasteiger partial charge in [0, 0.05) is 18.2 Å². The van der Waals surface area contributed by atoms with Gasteiger partial charge in [-0.1, -0.05) is 43.6 Å². The predicted molar refractivity (Wildman–Crippen MR) is 89.4 cm³/mol. The van der Waals surface area contributed by atoms with Crippen molar-refractivity contribution in [2.75, 3.05) is 0 Å². The molecule has 0 radical (unpaired) electrons. The van der Waals surface area contributed by atoms with Crippen LogP contribution in [0.3, 0.4) is 0 Å². The first-order chi connectivity index (χ1) is 9.95. The van der Waals surface area contributed by atoms with E-state index in [4.69, 9.17) is 16.3 Å². The van der Waals surface area contributed by atoms with Crippen LogP contribution in [-0.2, 0) is 6.54 Å². The Bertz CT molecular complexity index is 602. The van der Waals surface area contributed by atoms with Crippen LogP contribution >= 0.6 is 11.6 Å². The first kappa shape index (κ1) is 15.9. The van der Waals surface area contributed by atoms with Crippen molar-refractivity contribution in [3.63, 3.8) is 0 Å². The maximum Gasteiger partial charge on any atom is 0.150 e. The highest BCUT2D eigenvalue weighted by atomic mass is 35.5. The molecule has 0 amide bonds. The highest BCUT2D eigenvalue weighted by Gasteiger charge is 2.10. The number of halogens is 1. The summed E-state index contributed by atoms with van der Waals surface area (Å²) < 4.78 is 6.06. The summed E-state index contributed by atoms with van der Waals surface area (Å²) in [7, 11) is 0. The summed E-state index contributed by atoms with van der Waals surface area (Å²) in [6.07, 6.45) is 0. The third kappa shape index (κ3) is 4.48. The van der Waals surface area contributed by atoms with E-state index in [1.807, 2.05) is 30.3 Å². The fourth-order valence-corrected chi connectivity index (χ4v) is 2.46. The molecule has 0 heterocycles. The van der Waals surface area contributed by atoms with Gasteiger partial charge in [-0.15, -0.1) is 0 Å². The van der Waals surface area contributed by atoms with Gasteiger partial charge in [-0.3, -0.25) is 0 Å². The van der Waals surface area contributed by atoms with E-state index < -0.39 is 0 Å². The lowest BCUT2D eigenvalue weighted by Gasteiger charge is -2.15. The van der Waals surface area contributed by atoms with Gasteiger partial charge in [0.05, 0.1) is 5.02 Å². The lowest BCUT2D eigenvalue weighted by molar-refractivity contribution is 0.469. The van der Waals surface area contributed by atoms with Crippen molar-refractivity contribution in [2.24, 2.45) is 0 Å². The number of rotatable bonds is 5. The number of nitrogens with one attached hydrogen (secondary N) is 1. The van der Waals surface area contributed by atoms with Crippen LogP contribution in [0.25, 0.3) is 0 Å². The van der Waals surface area contributed by atoms with Crippen molar-refractivity contribution in [1.82, 2.24) is 5.32 Å². The fourth-order valence-electron chi connectivity index (χ4n) is 2.23. The molecule has 3 heteroatoms. The lowest BCUT2D eigenvalue weighted by atomic mass is 10.1. The summed E-state index contributed by atoms with van der Waals surface area (Å²) in [5.41, 5.74) is 3.42. The topological polar surface area (TPSA) is 21.3 Å². The fraction of sp³-hybridized carbons (Fsp3) is 0.333. The van der Waals surface area contributed by atoms with Crippen molar-refractivity contribution < 1.29 is 4.74 Å². The number of ether oxygens (including phenoxy) is 1. The summed E-state index contributed by atoms with van der Waals surface area (Å²) in [6.45, 7) is 9.10. The average molecular weight is 304 g/mol. The van der Waals surface area contributed by atoms with Crippen LogP contribution in [0.15, 0.2) is 36.4 Å². The Balaban J connectivity index is 2.29. The van der Waals surface area contributed by atoms with Gasteiger partial charge in [0.1, 0.15) is 11.5 Å². The Kier molecular flexibility index (Phi) is 5.27. The third-order valence-electron chi connectivity index (χ3n) is 3.16. The molecule has 0 aliphatic carbocycles. The summed E-state index contributed by atoms with van der Waals surface area (Å²) in [5.74, 6) is 1.56. The molecule has 0 fully saturated rings. The van der Waals surface area contributed by atoms with Crippen LogP contribution in [0.2, 0.25) is 5.02 Å². The minimum absolute atomic E-state index is 0.415. The molecule has 0 spiro atoms. The molecule has 0 saturated heterocycles. The van der Waals surface area contributed by atoms with E-state index in [2.05, 4.69) is 39.1 Å². The maximum atomic E-state index is 6.32. The van der Waals surface area contributed by atoms with Gasteiger partial charge in [0.15, 0.2) is 0 Å². The number of hydrogen-bond donors (Lipinski definition) is 1. The zero-order chi connectivity index (χ0) is 15.4. The van der Waals surface area contributed by atoms with Gasteiger partial charge in [-0.25, -0.2) is 0 Å². The Morgan fingerprint density at radius 1 is 1.10 bits per heavy atom. The molecule has 2 rings (SSSR count). The molecule has 21 heavy (non-hydrogen) atoms. The number of para-hydroxylation sites is 1. The van der Waals surface area contributed by atoms with Crippen molar-refractivity contribution in [1.29, 1.82) is 0 Å². The first-order valence-corrected chi connectivity index (χ1v) is 7.60. The Hall–Kier alpha value is -1.51. The average Bonchev–Trinajstić information content (AvgIpc) is 2.38. The van der Waals surface area contributed by atoms with Crippen molar-refractivity contribution in [3.8, 4) is 11.5 Å². The molecule has 0 aromatic heterocycles. The monoisotopic (exact) mass is 303 g/mol. The maximum absolute atomic E-state index is 6.32. The second-order valence-corrected chi connectivity index (χ2v) is 6.10. The molecule has 0 saturated carbocycles. The molecule has 0 unspecified atom stereocenters. The molecular formula is C18H22ClNO. The van der Waals surface area contributed by atoms with Crippen LogP contribution in [0.5, 0.6) is 11.5 Å². The molecule has 0 bridgehead atoms. The van der Waals surface area contributed by atoms with E-state index >= 15 is 0 Å². The standard InChI is InChI=1S/C18H22ClNO/c1-12(2)20-11-15-6-5-7-17(19)18(15)21-16-9-13(3)8-14(4)10-16/h5-10,12,20H,11H2,1-4H3. The van der Waals surface area contributed by atoms with E-state index in [9.17, 15) is 0 Å². The Labute approximate surface area is 132 Å². The van der Waals surface area contributed by atoms with Crippen LogP contribution in [0, 0.1) is 13.8 Å². The van der Waals surface area contributed by atoms with Crippen LogP contribution in [0.1, 0.15) is 30.5 Å². The van der Waals surface area contributed by atoms with Gasteiger partial charge < -0.3 is 10.1 Å². The molecule has 0 aliphatic rings. The zero-order valence-corrected chi connectivity index (χ0v) is 13.8. The van der Waals surface area contributed by atoms with Gasteiger partial charge in [0.2, 0.25) is 0 Å². The summed E-state index contributed by atoms with van der Waals surface area (Å²) in [6, 6.07) is 12.4. The van der Waals surface area contributed by atoms with Crippen molar-refractivity contribution in [2.45, 2.75) is 40.3 Å². The quantitative estimate of drug-likeness (QED) is 0.815. The molecular weight excluding hydrogens is 282 g/mol. The van der Waals surface area contributed by atoms with Crippen LogP contribution in [-0.4, -0.2) is 6.04 Å². The molecule has 1 N–H and O–H groups in total. The van der Waals surface area contributed by atoms with Gasteiger partial charge >= 0.3 is 0 Å². The zero-order valence-electron chi connectivity index (χ0n) is 13.0. The summed E-state index contributed by atoms with van der Waals surface area (Å²) >= 11 is 6.32. The van der Waals surface area contributed by atoms with Crippen LogP contribution < -0.4 is 10.1 Å². The third-order valence-corrected chi connectivity index (χ3v) is 3.46. The molecule has 2 nitrogen and oxygen atoms in total. The first-order valence-electron chi connectivity index (χ1n) is 7.22. The highest BCUT2D eigenvalue weighted by molar-refractivity contribution is 6.32. The number of aryl methyl sites for hydroxylation is 2. The van der Waals surface area contributed by atoms with Crippen LogP contribution in [0.4, 0.5) is 0 Å². The van der Waals surface area contributed by atoms with Gasteiger partial charge in [-0.2, -0.15) is 0 Å². The second-order valence-electron chi connectivity index (χ2n) is 5.69. The molecule has 2 aromatic rings. The molecule has 112 valence electrons. The largest absolute Gasteiger partial charge is 0.455 e. The van der Waals surface area contributed by atoms with Gasteiger partial charge in [-0.05, 0) is 43.2 Å². The highest BCUT2D eigenvalue weighted by Crippen LogP contribution is 2.33. The second kappa shape index (κ2) is 6.97. The Morgan fingerprint density at radius 3 is 2.38 bits per heavy atom. The molecule has 0 atom stereocenters.